The molecule has 0 aromatic heterocycles. The third-order valence-electron chi connectivity index (χ3n) is 2.25. The highest BCUT2D eigenvalue weighted by molar-refractivity contribution is 5.48. The van der Waals surface area contributed by atoms with Crippen LogP contribution in [0.1, 0.15) is 12.5 Å². The largest absolute Gasteiger partial charge is 0.373 e. The molecule has 1 aromatic carbocycles. The monoisotopic (exact) mass is 229 g/mol. The van der Waals surface area contributed by atoms with Crippen LogP contribution in [-0.2, 0) is 4.74 Å². The number of nitrogens with one attached hydrogen (secondary N) is 1. The van der Waals surface area contributed by atoms with E-state index in [1.165, 1.54) is 5.56 Å². The fourth-order valence-corrected chi connectivity index (χ4v) is 1.37. The standard InChI is InChI=1S/C15H19NO/c1-3-11-16-13-14(2)17-12-7-10-15-8-5-4-6-9-15/h1,4-10,14,16H,11-13H2,2H3/b10-7+. The topological polar surface area (TPSA) is 21.3 Å². The minimum atomic E-state index is 0.170. The Morgan fingerprint density at radius 1 is 1.41 bits per heavy atom. The molecule has 1 N–H and O–H groups in total. The van der Waals surface area contributed by atoms with Crippen molar-refractivity contribution < 1.29 is 4.74 Å². The van der Waals surface area contributed by atoms with Crippen molar-refractivity contribution in [3.63, 3.8) is 0 Å². The van der Waals surface area contributed by atoms with E-state index in [2.05, 4.69) is 29.4 Å². The first-order valence-corrected chi connectivity index (χ1v) is 5.80. The summed E-state index contributed by atoms with van der Waals surface area (Å²) in [7, 11) is 0. The van der Waals surface area contributed by atoms with Gasteiger partial charge in [-0.2, -0.15) is 0 Å². The van der Waals surface area contributed by atoms with Crippen LogP contribution < -0.4 is 5.32 Å². The molecule has 0 aliphatic rings. The van der Waals surface area contributed by atoms with Gasteiger partial charge in [0, 0.05) is 6.54 Å². The lowest BCUT2D eigenvalue weighted by molar-refractivity contribution is 0.0891. The molecule has 2 heteroatoms. The van der Waals surface area contributed by atoms with Gasteiger partial charge in [-0.05, 0) is 12.5 Å². The van der Waals surface area contributed by atoms with Gasteiger partial charge in [0.05, 0.1) is 19.3 Å². The van der Waals surface area contributed by atoms with Crippen LogP contribution in [0.2, 0.25) is 0 Å². The van der Waals surface area contributed by atoms with E-state index >= 15 is 0 Å². The van der Waals surface area contributed by atoms with Crippen molar-refractivity contribution in [1.82, 2.24) is 5.32 Å². The fraction of sp³-hybridized carbons (Fsp3) is 0.333. The lowest BCUT2D eigenvalue weighted by Gasteiger charge is -2.11. The number of ether oxygens (including phenoxy) is 1. The van der Waals surface area contributed by atoms with Crippen LogP contribution in [0, 0.1) is 12.3 Å². The Morgan fingerprint density at radius 2 is 2.18 bits per heavy atom. The van der Waals surface area contributed by atoms with Crippen LogP contribution in [0.3, 0.4) is 0 Å². The van der Waals surface area contributed by atoms with Crippen LogP contribution in [0.15, 0.2) is 36.4 Å². The summed E-state index contributed by atoms with van der Waals surface area (Å²) in [6.45, 7) is 4.02. The maximum absolute atomic E-state index is 5.59. The Bertz CT molecular complexity index is 364. The molecule has 0 fully saturated rings. The SMILES string of the molecule is C#CCNCC(C)OC/C=C/c1ccccc1. The summed E-state index contributed by atoms with van der Waals surface area (Å²) < 4.78 is 5.59. The van der Waals surface area contributed by atoms with E-state index in [9.17, 15) is 0 Å². The molecule has 1 atom stereocenters. The average molecular weight is 229 g/mol. The second-order valence-corrected chi connectivity index (χ2v) is 3.79. The molecule has 0 aliphatic heterocycles. The molecule has 0 amide bonds. The van der Waals surface area contributed by atoms with Gasteiger partial charge in [-0.1, -0.05) is 48.4 Å². The van der Waals surface area contributed by atoms with Crippen molar-refractivity contribution in [3.05, 3.63) is 42.0 Å². The van der Waals surface area contributed by atoms with Crippen LogP contribution in [0.4, 0.5) is 0 Å². The Labute approximate surface area is 104 Å². The van der Waals surface area contributed by atoms with Gasteiger partial charge in [-0.3, -0.25) is 0 Å². The molecule has 0 bridgehead atoms. The number of terminal acetylenes is 1. The van der Waals surface area contributed by atoms with Crippen molar-refractivity contribution >= 4 is 6.08 Å². The molecule has 0 saturated heterocycles. The molecule has 1 unspecified atom stereocenters. The van der Waals surface area contributed by atoms with Crippen molar-refractivity contribution in [3.8, 4) is 12.3 Å². The number of hydrogen-bond donors (Lipinski definition) is 1. The molecule has 1 aromatic rings. The molecule has 0 heterocycles. The molecular weight excluding hydrogens is 210 g/mol. The van der Waals surface area contributed by atoms with Crippen molar-refractivity contribution in [2.75, 3.05) is 19.7 Å². The molecule has 2 nitrogen and oxygen atoms in total. The van der Waals surface area contributed by atoms with Crippen molar-refractivity contribution in [2.24, 2.45) is 0 Å². The first-order chi connectivity index (χ1) is 8.33. The van der Waals surface area contributed by atoms with Gasteiger partial charge in [0.15, 0.2) is 0 Å². The average Bonchev–Trinajstić information content (AvgIpc) is 2.36. The Balaban J connectivity index is 2.15. The van der Waals surface area contributed by atoms with Gasteiger partial charge in [0.1, 0.15) is 0 Å². The maximum Gasteiger partial charge on any atom is 0.0675 e. The zero-order valence-electron chi connectivity index (χ0n) is 10.2. The summed E-state index contributed by atoms with van der Waals surface area (Å²) in [5.74, 6) is 2.53. The molecule has 0 radical (unpaired) electrons. The van der Waals surface area contributed by atoms with Crippen LogP contribution in [0.25, 0.3) is 6.08 Å². The summed E-state index contributed by atoms with van der Waals surface area (Å²) in [6.07, 6.45) is 9.38. The van der Waals surface area contributed by atoms with E-state index in [-0.39, 0.29) is 6.10 Å². The molecule has 0 spiro atoms. The summed E-state index contributed by atoms with van der Waals surface area (Å²) in [4.78, 5) is 0. The summed E-state index contributed by atoms with van der Waals surface area (Å²) >= 11 is 0. The van der Waals surface area contributed by atoms with Gasteiger partial charge in [-0.15, -0.1) is 6.42 Å². The molecule has 17 heavy (non-hydrogen) atoms. The first kappa shape index (κ1) is 13.5. The lowest BCUT2D eigenvalue weighted by Crippen LogP contribution is -2.27. The van der Waals surface area contributed by atoms with E-state index in [0.29, 0.717) is 13.2 Å². The zero-order valence-corrected chi connectivity index (χ0v) is 10.2. The third-order valence-corrected chi connectivity index (χ3v) is 2.25. The third kappa shape index (κ3) is 6.57. The van der Waals surface area contributed by atoms with E-state index in [1.807, 2.05) is 31.2 Å². The first-order valence-electron chi connectivity index (χ1n) is 5.80. The van der Waals surface area contributed by atoms with Gasteiger partial charge < -0.3 is 10.1 Å². The quantitative estimate of drug-likeness (QED) is 0.572. The predicted molar refractivity (Wildman–Crippen MR) is 72.6 cm³/mol. The summed E-state index contributed by atoms with van der Waals surface area (Å²) in [5.41, 5.74) is 1.19. The number of benzene rings is 1. The second-order valence-electron chi connectivity index (χ2n) is 3.79. The molecule has 90 valence electrons. The fourth-order valence-electron chi connectivity index (χ4n) is 1.37. The van der Waals surface area contributed by atoms with Crippen LogP contribution in [0.5, 0.6) is 0 Å². The van der Waals surface area contributed by atoms with Crippen molar-refractivity contribution in [2.45, 2.75) is 13.0 Å². The minimum absolute atomic E-state index is 0.170. The van der Waals surface area contributed by atoms with E-state index in [0.717, 1.165) is 6.54 Å². The van der Waals surface area contributed by atoms with Crippen LogP contribution >= 0.6 is 0 Å². The summed E-state index contributed by atoms with van der Waals surface area (Å²) in [5, 5.41) is 3.11. The molecular formula is C15H19NO. The zero-order chi connectivity index (χ0) is 12.3. The van der Waals surface area contributed by atoms with E-state index < -0.39 is 0 Å². The van der Waals surface area contributed by atoms with E-state index in [1.54, 1.807) is 0 Å². The van der Waals surface area contributed by atoms with Gasteiger partial charge >= 0.3 is 0 Å². The Kier molecular flexibility index (Phi) is 6.81. The predicted octanol–water partition coefficient (Wildman–Crippen LogP) is 2.33. The number of rotatable bonds is 7. The van der Waals surface area contributed by atoms with E-state index in [4.69, 9.17) is 11.2 Å². The van der Waals surface area contributed by atoms with Crippen molar-refractivity contribution in [1.29, 1.82) is 0 Å². The maximum atomic E-state index is 5.59. The van der Waals surface area contributed by atoms with Gasteiger partial charge in [0.25, 0.3) is 0 Å². The molecule has 1 rings (SSSR count). The normalized spacial score (nSPS) is 12.5. The highest BCUT2D eigenvalue weighted by atomic mass is 16.5. The summed E-state index contributed by atoms with van der Waals surface area (Å²) in [6, 6.07) is 10.2. The smallest absolute Gasteiger partial charge is 0.0675 e. The van der Waals surface area contributed by atoms with Gasteiger partial charge in [-0.25, -0.2) is 0 Å². The lowest BCUT2D eigenvalue weighted by atomic mass is 10.2. The Morgan fingerprint density at radius 3 is 2.88 bits per heavy atom. The molecule has 0 saturated carbocycles. The second kappa shape index (κ2) is 8.58. The minimum Gasteiger partial charge on any atom is -0.373 e. The van der Waals surface area contributed by atoms with Crippen LogP contribution in [-0.4, -0.2) is 25.8 Å². The highest BCUT2D eigenvalue weighted by Crippen LogP contribution is 2.01. The Hall–Kier alpha value is -1.56. The molecule has 0 aliphatic carbocycles. The van der Waals surface area contributed by atoms with Gasteiger partial charge in [0.2, 0.25) is 0 Å². The highest BCUT2D eigenvalue weighted by Gasteiger charge is 1.98. The number of hydrogen-bond acceptors (Lipinski definition) is 2.